The zero-order valence-corrected chi connectivity index (χ0v) is 14.1. The van der Waals surface area contributed by atoms with Crippen LogP contribution in [0.3, 0.4) is 0 Å². The number of aliphatic hydroxyl groups excluding tert-OH is 1. The number of hydrogen-bond acceptors (Lipinski definition) is 4. The Morgan fingerprint density at radius 3 is 2.30 bits per heavy atom. The highest BCUT2D eigenvalue weighted by molar-refractivity contribution is 5.54. The van der Waals surface area contributed by atoms with E-state index >= 15 is 0 Å². The van der Waals surface area contributed by atoms with Crippen molar-refractivity contribution in [2.24, 2.45) is 0 Å². The molecule has 0 aliphatic carbocycles. The van der Waals surface area contributed by atoms with Crippen LogP contribution in [0, 0.1) is 0 Å². The Morgan fingerprint density at radius 2 is 1.74 bits per heavy atom. The molecule has 0 aliphatic heterocycles. The first-order chi connectivity index (χ1) is 11.1. The van der Waals surface area contributed by atoms with E-state index in [0.29, 0.717) is 12.5 Å². The van der Waals surface area contributed by atoms with Crippen LogP contribution < -0.4 is 15.0 Å². The third-order valence-electron chi connectivity index (χ3n) is 4.04. The van der Waals surface area contributed by atoms with Crippen LogP contribution >= 0.6 is 0 Å². The van der Waals surface area contributed by atoms with Gasteiger partial charge in [-0.2, -0.15) is 0 Å². The summed E-state index contributed by atoms with van der Waals surface area (Å²) < 4.78 is 5.19. The first-order valence-corrected chi connectivity index (χ1v) is 7.94. The van der Waals surface area contributed by atoms with Crippen molar-refractivity contribution < 1.29 is 9.84 Å². The van der Waals surface area contributed by atoms with E-state index in [9.17, 15) is 0 Å². The SMILES string of the molecule is COc1ccc(C(C)CNc2ccc(N(C)CCO)cc2)cc1. The molecular weight excluding hydrogens is 288 g/mol. The second kappa shape index (κ2) is 8.44. The first kappa shape index (κ1) is 17.2. The van der Waals surface area contributed by atoms with Crippen molar-refractivity contribution >= 4 is 11.4 Å². The molecule has 0 heterocycles. The van der Waals surface area contributed by atoms with Crippen LogP contribution in [-0.4, -0.2) is 39.0 Å². The van der Waals surface area contributed by atoms with E-state index < -0.39 is 0 Å². The number of hydrogen-bond donors (Lipinski definition) is 2. The van der Waals surface area contributed by atoms with Gasteiger partial charge < -0.3 is 20.1 Å². The van der Waals surface area contributed by atoms with Gasteiger partial charge in [-0.3, -0.25) is 0 Å². The molecule has 0 saturated heterocycles. The quantitative estimate of drug-likeness (QED) is 0.784. The standard InChI is InChI=1S/C19H26N2O2/c1-15(16-4-10-19(23-3)11-5-16)14-20-17-6-8-18(9-7-17)21(2)12-13-22/h4-11,15,20,22H,12-14H2,1-3H3. The van der Waals surface area contributed by atoms with E-state index in [1.807, 2.05) is 24.1 Å². The molecule has 124 valence electrons. The van der Waals surface area contributed by atoms with Gasteiger partial charge in [-0.1, -0.05) is 19.1 Å². The van der Waals surface area contributed by atoms with E-state index in [-0.39, 0.29) is 6.61 Å². The van der Waals surface area contributed by atoms with E-state index in [2.05, 4.69) is 48.6 Å². The van der Waals surface area contributed by atoms with Gasteiger partial charge in [0.15, 0.2) is 0 Å². The molecule has 0 spiro atoms. The zero-order valence-electron chi connectivity index (χ0n) is 14.1. The molecule has 0 amide bonds. The predicted molar refractivity (Wildman–Crippen MR) is 96.7 cm³/mol. The van der Waals surface area contributed by atoms with Crippen LogP contribution in [0.1, 0.15) is 18.4 Å². The maximum Gasteiger partial charge on any atom is 0.118 e. The van der Waals surface area contributed by atoms with Crippen molar-refractivity contribution in [2.45, 2.75) is 12.8 Å². The molecule has 2 aromatic rings. The molecule has 4 heteroatoms. The third kappa shape index (κ3) is 4.89. The summed E-state index contributed by atoms with van der Waals surface area (Å²) in [7, 11) is 3.66. The maximum atomic E-state index is 8.98. The minimum atomic E-state index is 0.163. The molecule has 2 rings (SSSR count). The minimum Gasteiger partial charge on any atom is -0.497 e. The fourth-order valence-electron chi connectivity index (χ4n) is 2.43. The molecule has 4 nitrogen and oxygen atoms in total. The number of anilines is 2. The van der Waals surface area contributed by atoms with E-state index in [1.54, 1.807) is 7.11 Å². The fraction of sp³-hybridized carbons (Fsp3) is 0.368. The van der Waals surface area contributed by atoms with Crippen molar-refractivity contribution in [1.29, 1.82) is 0 Å². The third-order valence-corrected chi connectivity index (χ3v) is 4.04. The van der Waals surface area contributed by atoms with Crippen molar-refractivity contribution in [3.63, 3.8) is 0 Å². The van der Waals surface area contributed by atoms with Crippen LogP contribution in [0.25, 0.3) is 0 Å². The van der Waals surface area contributed by atoms with Gasteiger partial charge in [0.2, 0.25) is 0 Å². The Morgan fingerprint density at radius 1 is 1.09 bits per heavy atom. The Hall–Kier alpha value is -2.20. The molecule has 0 radical (unpaired) electrons. The minimum absolute atomic E-state index is 0.163. The topological polar surface area (TPSA) is 44.7 Å². The summed E-state index contributed by atoms with van der Waals surface area (Å²) in [6, 6.07) is 16.5. The van der Waals surface area contributed by atoms with E-state index in [1.165, 1.54) is 5.56 Å². The summed E-state index contributed by atoms with van der Waals surface area (Å²) in [5.41, 5.74) is 3.50. The lowest BCUT2D eigenvalue weighted by Gasteiger charge is -2.19. The summed E-state index contributed by atoms with van der Waals surface area (Å²) in [6.45, 7) is 3.88. The lowest BCUT2D eigenvalue weighted by Crippen LogP contribution is -2.20. The smallest absolute Gasteiger partial charge is 0.118 e. The summed E-state index contributed by atoms with van der Waals surface area (Å²) in [5, 5.41) is 12.4. The molecule has 1 atom stereocenters. The van der Waals surface area contributed by atoms with Gasteiger partial charge in [0.1, 0.15) is 5.75 Å². The second-order valence-corrected chi connectivity index (χ2v) is 5.75. The highest BCUT2D eigenvalue weighted by Crippen LogP contribution is 2.21. The molecule has 2 aromatic carbocycles. The summed E-state index contributed by atoms with van der Waals surface area (Å²) >= 11 is 0. The summed E-state index contributed by atoms with van der Waals surface area (Å²) in [5.74, 6) is 1.30. The average molecular weight is 314 g/mol. The molecule has 23 heavy (non-hydrogen) atoms. The molecule has 0 aliphatic rings. The van der Waals surface area contributed by atoms with Gasteiger partial charge in [0.25, 0.3) is 0 Å². The number of nitrogens with zero attached hydrogens (tertiary/aromatic N) is 1. The highest BCUT2D eigenvalue weighted by Gasteiger charge is 2.06. The zero-order chi connectivity index (χ0) is 16.7. The maximum absolute atomic E-state index is 8.98. The van der Waals surface area contributed by atoms with Gasteiger partial charge in [0, 0.05) is 31.5 Å². The molecule has 1 unspecified atom stereocenters. The van der Waals surface area contributed by atoms with E-state index in [4.69, 9.17) is 9.84 Å². The van der Waals surface area contributed by atoms with E-state index in [0.717, 1.165) is 23.7 Å². The lowest BCUT2D eigenvalue weighted by molar-refractivity contribution is 0.304. The molecule has 0 aromatic heterocycles. The van der Waals surface area contributed by atoms with Crippen molar-refractivity contribution in [1.82, 2.24) is 0 Å². The van der Waals surface area contributed by atoms with Crippen molar-refractivity contribution in [3.05, 3.63) is 54.1 Å². The van der Waals surface area contributed by atoms with Crippen LogP contribution in [0.4, 0.5) is 11.4 Å². The summed E-state index contributed by atoms with van der Waals surface area (Å²) in [6.07, 6.45) is 0. The second-order valence-electron chi connectivity index (χ2n) is 5.75. The van der Waals surface area contributed by atoms with Gasteiger partial charge in [-0.05, 0) is 47.9 Å². The highest BCUT2D eigenvalue weighted by atomic mass is 16.5. The Bertz CT molecular complexity index is 581. The van der Waals surface area contributed by atoms with Crippen LogP contribution in [0.15, 0.2) is 48.5 Å². The van der Waals surface area contributed by atoms with Crippen molar-refractivity contribution in [3.8, 4) is 5.75 Å². The molecule has 0 bridgehead atoms. The molecule has 2 N–H and O–H groups in total. The van der Waals surface area contributed by atoms with Gasteiger partial charge in [-0.15, -0.1) is 0 Å². The predicted octanol–water partition coefficient (Wildman–Crippen LogP) is 3.34. The average Bonchev–Trinajstić information content (AvgIpc) is 2.60. The monoisotopic (exact) mass is 314 g/mol. The molecule has 0 saturated carbocycles. The number of benzene rings is 2. The van der Waals surface area contributed by atoms with Crippen LogP contribution in [-0.2, 0) is 0 Å². The number of methoxy groups -OCH3 is 1. The summed E-state index contributed by atoms with van der Waals surface area (Å²) in [4.78, 5) is 2.03. The van der Waals surface area contributed by atoms with Gasteiger partial charge in [0.05, 0.1) is 13.7 Å². The van der Waals surface area contributed by atoms with Crippen molar-refractivity contribution in [2.75, 3.05) is 44.1 Å². The number of rotatable bonds is 8. The van der Waals surface area contributed by atoms with Crippen LogP contribution in [0.2, 0.25) is 0 Å². The Balaban J connectivity index is 1.89. The first-order valence-electron chi connectivity index (χ1n) is 7.94. The van der Waals surface area contributed by atoms with Crippen LogP contribution in [0.5, 0.6) is 5.75 Å². The number of nitrogens with one attached hydrogen (secondary N) is 1. The van der Waals surface area contributed by atoms with Gasteiger partial charge in [-0.25, -0.2) is 0 Å². The number of likely N-dealkylation sites (N-methyl/N-ethyl adjacent to an activating group) is 1. The van der Waals surface area contributed by atoms with Gasteiger partial charge >= 0.3 is 0 Å². The normalized spacial score (nSPS) is 11.8. The number of ether oxygens (including phenoxy) is 1. The molecular formula is C19H26N2O2. The molecule has 0 fully saturated rings. The lowest BCUT2D eigenvalue weighted by atomic mass is 10.0. The largest absolute Gasteiger partial charge is 0.497 e. The Labute approximate surface area is 138 Å². The number of aliphatic hydroxyl groups is 1. The fourth-order valence-corrected chi connectivity index (χ4v) is 2.43. The Kier molecular flexibility index (Phi) is 6.29.